The van der Waals surface area contributed by atoms with E-state index in [1.54, 1.807) is 60.8 Å². The van der Waals surface area contributed by atoms with E-state index in [2.05, 4.69) is 20.0 Å². The van der Waals surface area contributed by atoms with Gasteiger partial charge in [0.1, 0.15) is 12.4 Å². The Hall–Kier alpha value is -6.05. The van der Waals surface area contributed by atoms with E-state index in [-0.39, 0.29) is 24.5 Å². The number of benzene rings is 4. The van der Waals surface area contributed by atoms with Crippen LogP contribution in [0.2, 0.25) is 0 Å². The Labute approximate surface area is 314 Å². The number of amides is 1. The predicted molar refractivity (Wildman–Crippen MR) is 208 cm³/mol. The zero-order chi connectivity index (χ0) is 37.5. The summed E-state index contributed by atoms with van der Waals surface area (Å²) in [6.07, 6.45) is 3.31. The van der Waals surface area contributed by atoms with Crippen LogP contribution in [0.5, 0.6) is 11.6 Å². The Morgan fingerprint density at radius 1 is 0.833 bits per heavy atom. The molecule has 7 rings (SSSR count). The van der Waals surface area contributed by atoms with Gasteiger partial charge in [0.15, 0.2) is 0 Å². The highest BCUT2D eigenvalue weighted by Crippen LogP contribution is 2.39. The number of pyridine rings is 1. The van der Waals surface area contributed by atoms with Gasteiger partial charge in [-0.1, -0.05) is 84.9 Å². The predicted octanol–water partition coefficient (Wildman–Crippen LogP) is 7.57. The molecule has 2 aromatic heterocycles. The van der Waals surface area contributed by atoms with Gasteiger partial charge in [0, 0.05) is 42.9 Å². The Bertz CT molecular complexity index is 2350. The molecule has 0 saturated carbocycles. The molecule has 12 nitrogen and oxygen atoms in total. The fourth-order valence-corrected chi connectivity index (χ4v) is 7.69. The number of rotatable bonds is 12. The molecule has 13 heteroatoms. The highest BCUT2D eigenvalue weighted by Gasteiger charge is 2.31. The molecule has 6 aromatic rings. The fraction of sp³-hybridized carbons (Fsp3) is 0.220. The lowest BCUT2D eigenvalue weighted by Crippen LogP contribution is -2.51. The fourth-order valence-electron chi connectivity index (χ4n) is 6.47. The molecule has 1 fully saturated rings. The highest BCUT2D eigenvalue weighted by atomic mass is 32.2. The lowest BCUT2D eigenvalue weighted by molar-refractivity contribution is 0.0180. The van der Waals surface area contributed by atoms with Crippen molar-refractivity contribution < 1.29 is 27.4 Å². The number of hydrogen-bond acceptors (Lipinski definition) is 10. The summed E-state index contributed by atoms with van der Waals surface area (Å²) < 4.78 is 46.9. The maximum Gasteiger partial charge on any atom is 0.410 e. The zero-order valence-electron chi connectivity index (χ0n) is 29.9. The number of nitrogens with zero attached hydrogens (tertiary/aromatic N) is 4. The van der Waals surface area contributed by atoms with Crippen molar-refractivity contribution in [2.45, 2.75) is 37.9 Å². The minimum Gasteiger partial charge on any atom is -0.445 e. The van der Waals surface area contributed by atoms with Crippen LogP contribution in [0.25, 0.3) is 22.0 Å². The average molecular weight is 745 g/mol. The first-order valence-electron chi connectivity index (χ1n) is 17.5. The second kappa shape index (κ2) is 16.3. The van der Waals surface area contributed by atoms with Crippen LogP contribution >= 0.6 is 0 Å². The van der Waals surface area contributed by atoms with Crippen LogP contribution in [-0.4, -0.2) is 66.7 Å². The number of piperidine rings is 1. The van der Waals surface area contributed by atoms with E-state index >= 15 is 0 Å². The molecule has 1 aliphatic rings. The summed E-state index contributed by atoms with van der Waals surface area (Å²) in [5.74, 6) is 1.07. The van der Waals surface area contributed by atoms with Gasteiger partial charge < -0.3 is 24.4 Å². The van der Waals surface area contributed by atoms with E-state index in [9.17, 15) is 13.2 Å². The summed E-state index contributed by atoms with van der Waals surface area (Å²) in [5.41, 5.74) is 4.08. The zero-order valence-corrected chi connectivity index (χ0v) is 30.7. The quantitative estimate of drug-likeness (QED) is 0.129. The van der Waals surface area contributed by atoms with E-state index in [0.717, 1.165) is 11.1 Å². The molecule has 3 heterocycles. The first kappa shape index (κ1) is 36.3. The summed E-state index contributed by atoms with van der Waals surface area (Å²) in [6.45, 7) is 2.90. The normalized spacial score (nSPS) is 15.8. The van der Waals surface area contributed by atoms with Gasteiger partial charge in [0.05, 0.1) is 35.3 Å². The molecule has 0 bridgehead atoms. The van der Waals surface area contributed by atoms with E-state index in [1.807, 2.05) is 79.7 Å². The van der Waals surface area contributed by atoms with Crippen LogP contribution in [0, 0.1) is 6.92 Å². The molecule has 2 unspecified atom stereocenters. The van der Waals surface area contributed by atoms with Crippen molar-refractivity contribution >= 4 is 38.5 Å². The highest BCUT2D eigenvalue weighted by molar-refractivity contribution is 7.91. The van der Waals surface area contributed by atoms with E-state index in [0.29, 0.717) is 70.4 Å². The summed E-state index contributed by atoms with van der Waals surface area (Å²) in [5, 5.41) is 4.78. The van der Waals surface area contributed by atoms with E-state index < -0.39 is 16.1 Å². The number of ether oxygens (including phenoxy) is 3. The van der Waals surface area contributed by atoms with Crippen LogP contribution in [0.4, 0.5) is 16.4 Å². The lowest BCUT2D eigenvalue weighted by Gasteiger charge is -2.36. The molecule has 1 aliphatic heterocycles. The number of carbonyl (C=O) groups excluding carboxylic acids is 1. The third kappa shape index (κ3) is 8.76. The maximum absolute atomic E-state index is 13.2. The van der Waals surface area contributed by atoms with Crippen LogP contribution in [-0.2, 0) is 31.9 Å². The largest absolute Gasteiger partial charge is 0.445 e. The first-order chi connectivity index (χ1) is 26.2. The monoisotopic (exact) mass is 744 g/mol. The molecule has 1 amide bonds. The second-order valence-corrected chi connectivity index (χ2v) is 14.8. The first-order valence-corrected chi connectivity index (χ1v) is 19.2. The Morgan fingerprint density at radius 2 is 1.61 bits per heavy atom. The van der Waals surface area contributed by atoms with E-state index in [4.69, 9.17) is 19.2 Å². The maximum atomic E-state index is 13.2. The number of likely N-dealkylation sites (tertiary alicyclic amines) is 1. The molecule has 54 heavy (non-hydrogen) atoms. The van der Waals surface area contributed by atoms with Crippen LogP contribution < -0.4 is 14.8 Å². The number of carbonyl (C=O) groups is 1. The molecular weight excluding hydrogens is 705 g/mol. The van der Waals surface area contributed by atoms with Gasteiger partial charge in [0.25, 0.3) is 0 Å². The van der Waals surface area contributed by atoms with Crippen LogP contribution in [0.1, 0.15) is 23.1 Å². The van der Waals surface area contributed by atoms with Crippen molar-refractivity contribution in [1.29, 1.82) is 0 Å². The molecule has 1 saturated heterocycles. The summed E-state index contributed by atoms with van der Waals surface area (Å²) in [4.78, 5) is 28.6. The number of aromatic nitrogens is 3. The van der Waals surface area contributed by atoms with Gasteiger partial charge in [0.2, 0.25) is 21.9 Å². The molecular formula is C41H40N6O6S. The van der Waals surface area contributed by atoms with Crippen molar-refractivity contribution in [2.75, 3.05) is 30.2 Å². The van der Waals surface area contributed by atoms with Gasteiger partial charge in [-0.05, 0) is 54.3 Å². The van der Waals surface area contributed by atoms with Crippen LogP contribution in [0.3, 0.4) is 0 Å². The summed E-state index contributed by atoms with van der Waals surface area (Å²) >= 11 is 0. The van der Waals surface area contributed by atoms with Gasteiger partial charge in [-0.15, -0.1) is 0 Å². The molecule has 2 N–H and O–H groups in total. The van der Waals surface area contributed by atoms with Crippen molar-refractivity contribution in [3.63, 3.8) is 0 Å². The Morgan fingerprint density at radius 3 is 2.39 bits per heavy atom. The Kier molecular flexibility index (Phi) is 11.0. The molecule has 276 valence electrons. The van der Waals surface area contributed by atoms with Gasteiger partial charge >= 0.3 is 6.09 Å². The number of methoxy groups -OCH3 is 1. The number of anilines is 2. The van der Waals surface area contributed by atoms with Crippen molar-refractivity contribution in [3.05, 3.63) is 138 Å². The number of fused-ring (bicyclic) bond motifs is 1. The van der Waals surface area contributed by atoms with Crippen molar-refractivity contribution in [3.8, 4) is 22.9 Å². The molecule has 0 aliphatic carbocycles. The minimum absolute atomic E-state index is 0.153. The number of sulfonamides is 1. The standard InChI is InChI=1S/C41H40N6O6S/c1-28-18-19-33-34(15-9-17-37(33)46-54(49,50)27-30-13-7-4-8-14-30)38(28)53-39-35(16-10-21-42-39)36-20-22-43-40(45-36)44-31-23-32(51-2)25-47(24-31)41(48)52-26-29-11-5-3-6-12-29/h3-22,31-32,46H,23-27H2,1-2H3,(H,43,44,45). The summed E-state index contributed by atoms with van der Waals surface area (Å²) in [6, 6.07) is 33.0. The third-order valence-electron chi connectivity index (χ3n) is 9.12. The molecule has 2 atom stereocenters. The minimum atomic E-state index is -3.70. The number of hydrogen-bond donors (Lipinski definition) is 2. The number of nitrogens with one attached hydrogen (secondary N) is 2. The topological polar surface area (TPSA) is 145 Å². The van der Waals surface area contributed by atoms with Crippen molar-refractivity contribution in [1.82, 2.24) is 19.9 Å². The van der Waals surface area contributed by atoms with Gasteiger partial charge in [-0.2, -0.15) is 0 Å². The third-order valence-corrected chi connectivity index (χ3v) is 10.4. The van der Waals surface area contributed by atoms with Gasteiger partial charge in [-0.25, -0.2) is 28.2 Å². The van der Waals surface area contributed by atoms with E-state index in [1.165, 1.54) is 0 Å². The molecule has 0 spiro atoms. The van der Waals surface area contributed by atoms with Gasteiger partial charge in [-0.3, -0.25) is 4.72 Å². The Balaban J connectivity index is 1.09. The second-order valence-electron chi connectivity index (χ2n) is 13.1. The molecule has 0 radical (unpaired) electrons. The number of aryl methyl sites for hydroxylation is 1. The lowest BCUT2D eigenvalue weighted by atomic mass is 10.0. The summed E-state index contributed by atoms with van der Waals surface area (Å²) in [7, 11) is -2.07. The van der Waals surface area contributed by atoms with Crippen LogP contribution in [0.15, 0.2) is 122 Å². The average Bonchev–Trinajstić information content (AvgIpc) is 3.18. The SMILES string of the molecule is COC1CC(Nc2nccc(-c3cccnc3Oc3c(C)ccc4c(NS(=O)(=O)Cc5ccccc5)cccc34)n2)CN(C(=O)OCc2ccccc2)C1. The van der Waals surface area contributed by atoms with Crippen molar-refractivity contribution in [2.24, 2.45) is 0 Å². The molecule has 4 aromatic carbocycles. The smallest absolute Gasteiger partial charge is 0.410 e.